The summed E-state index contributed by atoms with van der Waals surface area (Å²) < 4.78 is 0. The number of aromatic nitrogens is 1. The van der Waals surface area contributed by atoms with E-state index in [1.165, 1.54) is 0 Å². The van der Waals surface area contributed by atoms with E-state index in [4.69, 9.17) is 11.5 Å². The van der Waals surface area contributed by atoms with Crippen LogP contribution >= 0.6 is 0 Å². The average Bonchev–Trinajstić information content (AvgIpc) is 3.22. The van der Waals surface area contributed by atoms with Gasteiger partial charge in [-0.15, -0.1) is 0 Å². The minimum absolute atomic E-state index is 0.285. The third-order valence-electron chi connectivity index (χ3n) is 5.70. The second kappa shape index (κ2) is 13.4. The fourth-order valence-electron chi connectivity index (χ4n) is 3.70. The van der Waals surface area contributed by atoms with Crippen LogP contribution in [0.4, 0.5) is 0 Å². The van der Waals surface area contributed by atoms with E-state index in [0.717, 1.165) is 16.5 Å². The average molecular weight is 489 g/mol. The van der Waals surface area contributed by atoms with Crippen molar-refractivity contribution in [2.24, 2.45) is 17.4 Å². The van der Waals surface area contributed by atoms with Gasteiger partial charge >= 0.3 is 5.97 Å². The van der Waals surface area contributed by atoms with Gasteiger partial charge in [0.25, 0.3) is 0 Å². The number of aliphatic carboxylic acids is 1. The van der Waals surface area contributed by atoms with Gasteiger partial charge in [0, 0.05) is 17.1 Å². The van der Waals surface area contributed by atoms with E-state index in [-0.39, 0.29) is 25.3 Å². The number of para-hydroxylation sites is 1. The lowest BCUT2D eigenvalue weighted by molar-refractivity contribution is -0.143. The molecular weight excluding hydrogens is 452 g/mol. The molecule has 35 heavy (non-hydrogen) atoms. The number of carbonyl (C=O) groups excluding carboxylic acids is 3. The van der Waals surface area contributed by atoms with E-state index in [1.54, 1.807) is 20.0 Å². The van der Waals surface area contributed by atoms with Crippen molar-refractivity contribution in [1.29, 1.82) is 0 Å². The smallest absolute Gasteiger partial charge is 0.326 e. The number of nitrogens with two attached hydrogens (primary N) is 2. The van der Waals surface area contributed by atoms with Gasteiger partial charge in [-0.05, 0) is 49.8 Å². The van der Waals surface area contributed by atoms with Crippen LogP contribution in [0.1, 0.15) is 38.7 Å². The number of fused-ring (bicyclic) bond motifs is 1. The highest BCUT2D eigenvalue weighted by Crippen LogP contribution is 2.18. The first-order chi connectivity index (χ1) is 16.6. The Morgan fingerprint density at radius 2 is 1.77 bits per heavy atom. The molecule has 0 saturated heterocycles. The second-order valence-corrected chi connectivity index (χ2v) is 8.86. The molecule has 1 aromatic heterocycles. The number of rotatable bonds is 14. The Morgan fingerprint density at radius 1 is 1.06 bits per heavy atom. The predicted octanol–water partition coefficient (Wildman–Crippen LogP) is -0.00690. The Balaban J connectivity index is 1.92. The van der Waals surface area contributed by atoms with Crippen LogP contribution < -0.4 is 27.4 Å². The molecule has 2 aromatic rings. The fraction of sp³-hybridized carbons (Fsp3) is 0.500. The lowest BCUT2D eigenvalue weighted by atomic mass is 10.0. The van der Waals surface area contributed by atoms with Crippen LogP contribution in [0.3, 0.4) is 0 Å². The first-order valence-corrected chi connectivity index (χ1v) is 11.7. The summed E-state index contributed by atoms with van der Waals surface area (Å²) in [5.74, 6) is -3.17. The minimum Gasteiger partial charge on any atom is -0.480 e. The topological polar surface area (TPSA) is 192 Å². The van der Waals surface area contributed by atoms with Crippen LogP contribution in [0.25, 0.3) is 10.9 Å². The summed E-state index contributed by atoms with van der Waals surface area (Å²) in [6.45, 7) is 3.41. The van der Waals surface area contributed by atoms with Crippen molar-refractivity contribution in [3.8, 4) is 0 Å². The zero-order chi connectivity index (χ0) is 26.0. The van der Waals surface area contributed by atoms with E-state index in [1.807, 2.05) is 24.3 Å². The molecule has 1 aromatic carbocycles. The molecular formula is C24H36N6O5. The van der Waals surface area contributed by atoms with E-state index in [9.17, 15) is 24.3 Å². The molecule has 3 amide bonds. The van der Waals surface area contributed by atoms with Crippen molar-refractivity contribution >= 4 is 34.6 Å². The van der Waals surface area contributed by atoms with Crippen LogP contribution in [0.15, 0.2) is 30.5 Å². The Morgan fingerprint density at radius 3 is 2.43 bits per heavy atom. The van der Waals surface area contributed by atoms with Crippen LogP contribution in [-0.4, -0.2) is 65.0 Å². The number of carboxylic acids is 1. The van der Waals surface area contributed by atoms with Gasteiger partial charge in [-0.3, -0.25) is 14.4 Å². The van der Waals surface area contributed by atoms with Crippen LogP contribution in [0.2, 0.25) is 0 Å². The number of carboxylic acid groups (broad SMARTS) is 1. The standard InChI is InChI=1S/C24H36N6O5/c1-14(2)21(24(34)35)30-23(33)19(9-5-6-10-25)29-20(31)13-28-22(32)17(26)11-15-12-27-18-8-4-3-7-16(15)18/h3-4,7-8,12,14,17,19,21,27H,5-6,9-11,13,25-26H2,1-2H3,(H,28,32)(H,29,31)(H,30,33)(H,34,35)/t17-,19-,21-/m0/s1. The van der Waals surface area contributed by atoms with Gasteiger partial charge in [0.15, 0.2) is 0 Å². The van der Waals surface area contributed by atoms with Crippen molar-refractivity contribution in [3.05, 3.63) is 36.0 Å². The van der Waals surface area contributed by atoms with Crippen LogP contribution in [0, 0.1) is 5.92 Å². The number of amides is 3. The molecule has 192 valence electrons. The van der Waals surface area contributed by atoms with Crippen molar-refractivity contribution in [3.63, 3.8) is 0 Å². The van der Waals surface area contributed by atoms with Crippen LogP contribution in [0.5, 0.6) is 0 Å². The molecule has 0 saturated carbocycles. The molecule has 0 aliphatic rings. The number of benzene rings is 1. The van der Waals surface area contributed by atoms with Gasteiger partial charge in [-0.1, -0.05) is 32.0 Å². The quantitative estimate of drug-likeness (QED) is 0.182. The summed E-state index contributed by atoms with van der Waals surface area (Å²) in [7, 11) is 0. The number of aromatic amines is 1. The number of nitrogens with one attached hydrogen (secondary N) is 4. The normalized spacial score (nSPS) is 13.7. The molecule has 0 spiro atoms. The maximum absolute atomic E-state index is 12.7. The van der Waals surface area contributed by atoms with Crippen molar-refractivity contribution in [1.82, 2.24) is 20.9 Å². The third kappa shape index (κ3) is 8.37. The largest absolute Gasteiger partial charge is 0.480 e. The van der Waals surface area contributed by atoms with Gasteiger partial charge < -0.3 is 37.5 Å². The summed E-state index contributed by atoms with van der Waals surface area (Å²) in [6, 6.07) is 4.76. The Kier molecular flexibility index (Phi) is 10.7. The maximum atomic E-state index is 12.7. The monoisotopic (exact) mass is 488 g/mol. The molecule has 0 bridgehead atoms. The van der Waals surface area contributed by atoms with Gasteiger partial charge in [-0.25, -0.2) is 4.79 Å². The summed E-state index contributed by atoms with van der Waals surface area (Å²) in [6.07, 6.45) is 3.58. The number of H-pyrrole nitrogens is 1. The second-order valence-electron chi connectivity index (χ2n) is 8.86. The molecule has 2 rings (SSSR count). The highest BCUT2D eigenvalue weighted by atomic mass is 16.4. The van der Waals surface area contributed by atoms with Gasteiger partial charge in [-0.2, -0.15) is 0 Å². The van der Waals surface area contributed by atoms with E-state index < -0.39 is 41.8 Å². The third-order valence-corrected chi connectivity index (χ3v) is 5.70. The minimum atomic E-state index is -1.16. The lowest BCUT2D eigenvalue weighted by Gasteiger charge is -2.23. The molecule has 0 radical (unpaired) electrons. The van der Waals surface area contributed by atoms with Gasteiger partial charge in [0.1, 0.15) is 12.1 Å². The van der Waals surface area contributed by atoms with Crippen LogP contribution in [-0.2, 0) is 25.6 Å². The van der Waals surface area contributed by atoms with E-state index in [2.05, 4.69) is 20.9 Å². The number of hydrogen-bond donors (Lipinski definition) is 7. The first kappa shape index (κ1) is 27.8. The summed E-state index contributed by atoms with van der Waals surface area (Å²) in [5.41, 5.74) is 13.4. The molecule has 0 fully saturated rings. The predicted molar refractivity (Wildman–Crippen MR) is 132 cm³/mol. The first-order valence-electron chi connectivity index (χ1n) is 11.7. The van der Waals surface area contributed by atoms with Crippen molar-refractivity contribution in [2.75, 3.05) is 13.1 Å². The zero-order valence-corrected chi connectivity index (χ0v) is 20.2. The fourth-order valence-corrected chi connectivity index (χ4v) is 3.70. The van der Waals surface area contributed by atoms with E-state index in [0.29, 0.717) is 19.4 Å². The molecule has 11 nitrogen and oxygen atoms in total. The molecule has 0 unspecified atom stereocenters. The van der Waals surface area contributed by atoms with Crippen molar-refractivity contribution in [2.45, 2.75) is 57.7 Å². The lowest BCUT2D eigenvalue weighted by Crippen LogP contribution is -2.54. The SMILES string of the molecule is CC(C)[C@H](NC(=O)[C@H](CCCCN)NC(=O)CNC(=O)[C@@H](N)Cc1c[nH]c2ccccc12)C(=O)O. The Hall–Kier alpha value is -3.44. The molecule has 9 N–H and O–H groups in total. The number of hydrogen-bond acceptors (Lipinski definition) is 6. The van der Waals surface area contributed by atoms with Gasteiger partial charge in [0.05, 0.1) is 12.6 Å². The van der Waals surface area contributed by atoms with E-state index >= 15 is 0 Å². The van der Waals surface area contributed by atoms with Gasteiger partial charge in [0.2, 0.25) is 17.7 Å². The molecule has 1 heterocycles. The Labute approximate surface area is 204 Å². The highest BCUT2D eigenvalue weighted by molar-refractivity contribution is 5.93. The summed E-state index contributed by atoms with van der Waals surface area (Å²) in [5, 5.41) is 17.9. The molecule has 0 aliphatic heterocycles. The zero-order valence-electron chi connectivity index (χ0n) is 20.2. The number of unbranched alkanes of at least 4 members (excludes halogenated alkanes) is 1. The summed E-state index contributed by atoms with van der Waals surface area (Å²) >= 11 is 0. The highest BCUT2D eigenvalue weighted by Gasteiger charge is 2.28. The Bertz CT molecular complexity index is 1020. The maximum Gasteiger partial charge on any atom is 0.326 e. The number of carbonyl (C=O) groups is 4. The molecule has 11 heteroatoms. The van der Waals surface area contributed by atoms with Crippen molar-refractivity contribution < 1.29 is 24.3 Å². The summed E-state index contributed by atoms with van der Waals surface area (Å²) in [4.78, 5) is 52.2. The molecule has 0 aliphatic carbocycles. The molecule has 3 atom stereocenters.